The lowest BCUT2D eigenvalue weighted by Gasteiger charge is -2.06. The van der Waals surface area contributed by atoms with Gasteiger partial charge in [0, 0.05) is 18.5 Å². The molecule has 0 saturated heterocycles. The van der Waals surface area contributed by atoms with Gasteiger partial charge in [-0.05, 0) is 18.2 Å². The maximum absolute atomic E-state index is 11.6. The van der Waals surface area contributed by atoms with Gasteiger partial charge in [0.2, 0.25) is 0 Å². The molecule has 1 aromatic carbocycles. The lowest BCUT2D eigenvalue weighted by atomic mass is 10.2. The van der Waals surface area contributed by atoms with Crippen LogP contribution in [0.2, 0.25) is 5.02 Å². The van der Waals surface area contributed by atoms with Crippen molar-refractivity contribution in [3.05, 3.63) is 28.8 Å². The Morgan fingerprint density at radius 2 is 2.06 bits per heavy atom. The molecule has 0 radical (unpaired) electrons. The van der Waals surface area contributed by atoms with Crippen molar-refractivity contribution in [1.82, 2.24) is 5.32 Å². The van der Waals surface area contributed by atoms with E-state index in [1.54, 1.807) is 6.07 Å². The molecule has 0 atom stereocenters. The molecule has 8 heteroatoms. The zero-order valence-corrected chi connectivity index (χ0v) is 12.0. The predicted molar refractivity (Wildman–Crippen MR) is 75.2 cm³/mol. The fourth-order valence-corrected chi connectivity index (χ4v) is 1.91. The molecule has 0 aliphatic heterocycles. The molecule has 3 N–H and O–H groups in total. The Hall–Kier alpha value is -0.980. The molecule has 1 amide bonds. The fraction of sp³-hybridized carbons (Fsp3) is 0.300. The lowest BCUT2D eigenvalue weighted by molar-refractivity contribution is 0.0956. The summed E-state index contributed by atoms with van der Waals surface area (Å²) in [5.41, 5.74) is 6.22. The zero-order chi connectivity index (χ0) is 13.1. The third-order valence-corrected chi connectivity index (χ3v) is 3.25. The van der Waals surface area contributed by atoms with E-state index >= 15 is 0 Å². The summed E-state index contributed by atoms with van der Waals surface area (Å²) in [4.78, 5) is 11.6. The second-order valence-corrected chi connectivity index (χ2v) is 6.29. The summed E-state index contributed by atoms with van der Waals surface area (Å²) in [6, 6.07) is 4.51. The minimum Gasteiger partial charge on any atom is -0.399 e. The van der Waals surface area contributed by atoms with Gasteiger partial charge in [-0.2, -0.15) is 0 Å². The Kier molecular flexibility index (Phi) is 6.45. The van der Waals surface area contributed by atoms with E-state index in [-0.39, 0.29) is 35.3 Å². The summed E-state index contributed by atoms with van der Waals surface area (Å²) < 4.78 is 21.7. The molecular formula is C10H14Cl2N2O3S. The Balaban J connectivity index is 0.00000289. The van der Waals surface area contributed by atoms with Crippen LogP contribution in [0.1, 0.15) is 10.4 Å². The van der Waals surface area contributed by atoms with E-state index in [0.29, 0.717) is 5.69 Å². The van der Waals surface area contributed by atoms with Gasteiger partial charge in [0.05, 0.1) is 16.3 Å². The largest absolute Gasteiger partial charge is 0.399 e. The minimum atomic E-state index is -3.09. The van der Waals surface area contributed by atoms with E-state index in [4.69, 9.17) is 17.3 Å². The third-order valence-electron chi connectivity index (χ3n) is 2.00. The third kappa shape index (κ3) is 5.57. The van der Waals surface area contributed by atoms with Crippen LogP contribution in [-0.2, 0) is 9.84 Å². The molecule has 0 aromatic heterocycles. The first-order chi connectivity index (χ1) is 7.79. The van der Waals surface area contributed by atoms with Crippen molar-refractivity contribution >= 4 is 45.4 Å². The van der Waals surface area contributed by atoms with Gasteiger partial charge in [-0.1, -0.05) is 11.6 Å². The molecule has 0 bridgehead atoms. The number of carbonyl (C=O) groups is 1. The van der Waals surface area contributed by atoms with Crippen LogP contribution in [0, 0.1) is 0 Å². The highest BCUT2D eigenvalue weighted by Gasteiger charge is 2.10. The number of hydrogen-bond acceptors (Lipinski definition) is 4. The highest BCUT2D eigenvalue weighted by molar-refractivity contribution is 7.90. The van der Waals surface area contributed by atoms with Crippen LogP contribution >= 0.6 is 24.0 Å². The minimum absolute atomic E-state index is 0. The van der Waals surface area contributed by atoms with Gasteiger partial charge in [0.1, 0.15) is 9.84 Å². The topological polar surface area (TPSA) is 89.3 Å². The first-order valence-electron chi connectivity index (χ1n) is 4.80. The molecule has 0 saturated carbocycles. The van der Waals surface area contributed by atoms with Gasteiger partial charge in [-0.3, -0.25) is 4.79 Å². The molecule has 5 nitrogen and oxygen atoms in total. The SMILES string of the molecule is CS(=O)(=O)CCNC(=O)c1ccc(N)cc1Cl.Cl. The standard InChI is InChI=1S/C10H13ClN2O3S.ClH/c1-17(15,16)5-4-13-10(14)8-3-2-7(12)6-9(8)11;/h2-3,6H,4-5,12H2,1H3,(H,13,14);1H. The van der Waals surface area contributed by atoms with E-state index in [1.807, 2.05) is 0 Å². The molecule has 0 fully saturated rings. The van der Waals surface area contributed by atoms with E-state index in [2.05, 4.69) is 5.32 Å². The van der Waals surface area contributed by atoms with Crippen molar-refractivity contribution < 1.29 is 13.2 Å². The first kappa shape index (κ1) is 17.0. The summed E-state index contributed by atoms with van der Waals surface area (Å²) in [5.74, 6) is -0.524. The number of nitrogens with one attached hydrogen (secondary N) is 1. The normalized spacial score (nSPS) is 10.6. The molecule has 18 heavy (non-hydrogen) atoms. The number of nitrogens with two attached hydrogens (primary N) is 1. The van der Waals surface area contributed by atoms with Crippen LogP contribution in [0.4, 0.5) is 5.69 Å². The molecule has 0 aliphatic rings. The average molecular weight is 313 g/mol. The predicted octanol–water partition coefficient (Wildman–Crippen LogP) is 1.12. The number of carbonyl (C=O) groups excluding carboxylic acids is 1. The van der Waals surface area contributed by atoms with Gasteiger partial charge >= 0.3 is 0 Å². The first-order valence-corrected chi connectivity index (χ1v) is 7.24. The van der Waals surface area contributed by atoms with Crippen LogP contribution in [-0.4, -0.2) is 32.9 Å². The average Bonchev–Trinajstić information content (AvgIpc) is 2.15. The van der Waals surface area contributed by atoms with Crippen molar-refractivity contribution in [3.8, 4) is 0 Å². The van der Waals surface area contributed by atoms with Crippen molar-refractivity contribution in [2.45, 2.75) is 0 Å². The van der Waals surface area contributed by atoms with Crippen LogP contribution in [0.25, 0.3) is 0 Å². The second kappa shape index (κ2) is 6.82. The molecular weight excluding hydrogens is 299 g/mol. The highest BCUT2D eigenvalue weighted by Crippen LogP contribution is 2.18. The van der Waals surface area contributed by atoms with E-state index in [1.165, 1.54) is 12.1 Å². The highest BCUT2D eigenvalue weighted by atomic mass is 35.5. The van der Waals surface area contributed by atoms with Crippen molar-refractivity contribution in [1.29, 1.82) is 0 Å². The van der Waals surface area contributed by atoms with Crippen LogP contribution < -0.4 is 11.1 Å². The number of anilines is 1. The summed E-state index contributed by atoms with van der Waals surface area (Å²) in [6.07, 6.45) is 1.11. The number of sulfone groups is 1. The Morgan fingerprint density at radius 3 is 2.56 bits per heavy atom. The van der Waals surface area contributed by atoms with Crippen molar-refractivity contribution in [2.75, 3.05) is 24.3 Å². The number of hydrogen-bond donors (Lipinski definition) is 2. The van der Waals surface area contributed by atoms with Crippen molar-refractivity contribution in [3.63, 3.8) is 0 Å². The monoisotopic (exact) mass is 312 g/mol. The molecule has 0 heterocycles. The molecule has 0 spiro atoms. The fourth-order valence-electron chi connectivity index (χ4n) is 1.16. The molecule has 0 aliphatic carbocycles. The summed E-state index contributed by atoms with van der Waals surface area (Å²) >= 11 is 5.83. The van der Waals surface area contributed by atoms with E-state index < -0.39 is 15.7 Å². The second-order valence-electron chi connectivity index (χ2n) is 3.63. The smallest absolute Gasteiger partial charge is 0.252 e. The van der Waals surface area contributed by atoms with Gasteiger partial charge in [-0.15, -0.1) is 12.4 Å². The van der Waals surface area contributed by atoms with E-state index in [0.717, 1.165) is 6.26 Å². The van der Waals surface area contributed by atoms with Crippen molar-refractivity contribution in [2.24, 2.45) is 0 Å². The molecule has 1 rings (SSSR count). The Morgan fingerprint density at radius 1 is 1.44 bits per heavy atom. The number of benzene rings is 1. The number of amides is 1. The van der Waals surface area contributed by atoms with Gasteiger partial charge < -0.3 is 11.1 Å². The quantitative estimate of drug-likeness (QED) is 0.815. The molecule has 0 unspecified atom stereocenters. The summed E-state index contributed by atoms with van der Waals surface area (Å²) in [6.45, 7) is 0.0539. The van der Waals surface area contributed by atoms with Crippen LogP contribution in [0.3, 0.4) is 0 Å². The maximum atomic E-state index is 11.6. The number of rotatable bonds is 4. The molecule has 1 aromatic rings. The summed E-state index contributed by atoms with van der Waals surface area (Å²) in [5, 5.41) is 2.71. The maximum Gasteiger partial charge on any atom is 0.252 e. The van der Waals surface area contributed by atoms with E-state index in [9.17, 15) is 13.2 Å². The zero-order valence-electron chi connectivity index (χ0n) is 9.64. The van der Waals surface area contributed by atoms with Gasteiger partial charge in [0.15, 0.2) is 0 Å². The van der Waals surface area contributed by atoms with Gasteiger partial charge in [0.25, 0.3) is 5.91 Å². The van der Waals surface area contributed by atoms with Gasteiger partial charge in [-0.25, -0.2) is 8.42 Å². The lowest BCUT2D eigenvalue weighted by Crippen LogP contribution is -2.29. The summed E-state index contributed by atoms with van der Waals surface area (Å²) in [7, 11) is -3.09. The van der Waals surface area contributed by atoms with Crippen LogP contribution in [0.15, 0.2) is 18.2 Å². The number of halogens is 2. The van der Waals surface area contributed by atoms with Crippen LogP contribution in [0.5, 0.6) is 0 Å². The number of nitrogen functional groups attached to an aromatic ring is 1. The Labute approximate surface area is 117 Å². The Bertz CT molecular complexity index is 532. The molecule has 102 valence electrons.